The lowest BCUT2D eigenvalue weighted by atomic mass is 10.2. The van der Waals surface area contributed by atoms with E-state index in [2.05, 4.69) is 31.2 Å². The van der Waals surface area contributed by atoms with Crippen molar-refractivity contribution in [3.63, 3.8) is 0 Å². The summed E-state index contributed by atoms with van der Waals surface area (Å²) in [6.45, 7) is 1.98. The molecule has 7 heteroatoms. The van der Waals surface area contributed by atoms with Gasteiger partial charge in [-0.15, -0.1) is 0 Å². The maximum atomic E-state index is 10.9. The van der Waals surface area contributed by atoms with Crippen LogP contribution in [0.2, 0.25) is 0 Å². The molecule has 0 saturated heterocycles. The molecular formula is C10H10BrIN2O3. The van der Waals surface area contributed by atoms with Gasteiger partial charge in [0.15, 0.2) is 0 Å². The Balaban J connectivity index is 2.74. The first kappa shape index (κ1) is 14.2. The van der Waals surface area contributed by atoms with Crippen molar-refractivity contribution >= 4 is 50.8 Å². The third-order valence-corrected chi connectivity index (χ3v) is 2.97. The monoisotopic (exact) mass is 412 g/mol. The minimum absolute atomic E-state index is 0.114. The van der Waals surface area contributed by atoms with E-state index in [1.54, 1.807) is 19.1 Å². The molecule has 0 atom stereocenters. The summed E-state index contributed by atoms with van der Waals surface area (Å²) in [5.41, 5.74) is 2.68. The minimum Gasteiger partial charge on any atom is -0.506 e. The fourth-order valence-corrected chi connectivity index (χ4v) is 2.55. The summed E-state index contributed by atoms with van der Waals surface area (Å²) < 4.78 is 6.13. The van der Waals surface area contributed by atoms with E-state index in [0.29, 0.717) is 9.13 Å². The largest absolute Gasteiger partial charge is 0.506 e. The Morgan fingerprint density at radius 1 is 1.71 bits per heavy atom. The molecule has 5 nitrogen and oxygen atoms in total. The van der Waals surface area contributed by atoms with Gasteiger partial charge in [-0.3, -0.25) is 0 Å². The van der Waals surface area contributed by atoms with E-state index in [1.165, 1.54) is 6.21 Å². The molecule has 0 aliphatic heterocycles. The number of phenolic OH excluding ortho intramolecular Hbond substituents is 1. The number of hydrogen-bond donors (Lipinski definition) is 2. The van der Waals surface area contributed by atoms with E-state index in [1.807, 2.05) is 22.6 Å². The van der Waals surface area contributed by atoms with Crippen LogP contribution < -0.4 is 5.43 Å². The van der Waals surface area contributed by atoms with Gasteiger partial charge in [0.1, 0.15) is 5.75 Å². The van der Waals surface area contributed by atoms with Crippen molar-refractivity contribution in [1.29, 1.82) is 0 Å². The Morgan fingerprint density at radius 2 is 2.41 bits per heavy atom. The van der Waals surface area contributed by atoms with Crippen molar-refractivity contribution in [3.05, 3.63) is 25.7 Å². The molecule has 17 heavy (non-hydrogen) atoms. The molecule has 1 aromatic rings. The van der Waals surface area contributed by atoms with Crippen LogP contribution in [0.15, 0.2) is 21.7 Å². The lowest BCUT2D eigenvalue weighted by molar-refractivity contribution is 0.152. The number of phenols is 1. The molecule has 0 fully saturated rings. The van der Waals surface area contributed by atoms with Crippen LogP contribution in [0.3, 0.4) is 0 Å². The Bertz CT molecular complexity index is 451. The van der Waals surface area contributed by atoms with Gasteiger partial charge in [-0.2, -0.15) is 5.10 Å². The fourth-order valence-electron chi connectivity index (χ4n) is 1.00. The number of rotatable bonds is 3. The number of carbonyl (C=O) groups is 1. The molecule has 0 heterocycles. The van der Waals surface area contributed by atoms with Gasteiger partial charge in [-0.05, 0) is 41.6 Å². The molecule has 0 bridgehead atoms. The standard InChI is InChI=1S/C10H10BrIN2O3/c1-2-17-10(16)14-13-5-6-3-7(11)4-8(12)9(6)15/h3-5,15H,2H2,1H3,(H,14,16)/b13-5+. The van der Waals surface area contributed by atoms with E-state index >= 15 is 0 Å². The zero-order valence-corrected chi connectivity index (χ0v) is 12.6. The molecule has 0 aromatic heterocycles. The predicted octanol–water partition coefficient (Wildman–Crippen LogP) is 2.84. The van der Waals surface area contributed by atoms with Crippen LogP contribution in [-0.2, 0) is 4.74 Å². The van der Waals surface area contributed by atoms with Gasteiger partial charge in [0, 0.05) is 10.0 Å². The zero-order valence-electron chi connectivity index (χ0n) is 8.91. The van der Waals surface area contributed by atoms with Crippen molar-refractivity contribution in [2.45, 2.75) is 6.92 Å². The smallest absolute Gasteiger partial charge is 0.427 e. The minimum atomic E-state index is -0.632. The molecule has 1 aromatic carbocycles. The molecule has 0 saturated carbocycles. The average molecular weight is 413 g/mol. The van der Waals surface area contributed by atoms with Gasteiger partial charge < -0.3 is 9.84 Å². The molecular weight excluding hydrogens is 403 g/mol. The van der Waals surface area contributed by atoms with Gasteiger partial charge >= 0.3 is 6.09 Å². The van der Waals surface area contributed by atoms with Gasteiger partial charge in [-0.25, -0.2) is 10.2 Å². The summed E-state index contributed by atoms with van der Waals surface area (Å²) in [5.74, 6) is 0.114. The van der Waals surface area contributed by atoms with Crippen molar-refractivity contribution in [2.24, 2.45) is 5.10 Å². The van der Waals surface area contributed by atoms with Crippen molar-refractivity contribution in [1.82, 2.24) is 5.43 Å². The number of ether oxygens (including phenoxy) is 1. The van der Waals surface area contributed by atoms with Crippen LogP contribution in [-0.4, -0.2) is 24.0 Å². The molecule has 0 aliphatic rings. The van der Waals surface area contributed by atoms with Crippen molar-refractivity contribution in [3.8, 4) is 5.75 Å². The van der Waals surface area contributed by atoms with Crippen LogP contribution in [0.1, 0.15) is 12.5 Å². The predicted molar refractivity (Wildman–Crippen MR) is 76.3 cm³/mol. The van der Waals surface area contributed by atoms with Gasteiger partial charge in [0.2, 0.25) is 0 Å². The van der Waals surface area contributed by atoms with Crippen molar-refractivity contribution < 1.29 is 14.6 Å². The number of amides is 1. The molecule has 2 N–H and O–H groups in total. The van der Waals surface area contributed by atoms with Crippen LogP contribution in [0.5, 0.6) is 5.75 Å². The zero-order chi connectivity index (χ0) is 12.8. The number of aromatic hydroxyl groups is 1. The molecule has 92 valence electrons. The lowest BCUT2D eigenvalue weighted by Gasteiger charge is -2.03. The number of nitrogens with one attached hydrogen (secondary N) is 1. The third-order valence-electron chi connectivity index (χ3n) is 1.69. The Morgan fingerprint density at radius 3 is 3.06 bits per heavy atom. The maximum Gasteiger partial charge on any atom is 0.427 e. The normalized spacial score (nSPS) is 10.5. The molecule has 0 aliphatic carbocycles. The van der Waals surface area contributed by atoms with Gasteiger partial charge in [0.25, 0.3) is 0 Å². The summed E-state index contributed by atoms with van der Waals surface area (Å²) in [6.07, 6.45) is 0.715. The first-order valence-corrected chi connectivity index (χ1v) is 6.55. The SMILES string of the molecule is CCOC(=O)N/N=C/c1cc(Br)cc(I)c1O. The Hall–Kier alpha value is -0.830. The summed E-state index contributed by atoms with van der Waals surface area (Å²) in [4.78, 5) is 10.9. The summed E-state index contributed by atoms with van der Waals surface area (Å²) in [6, 6.07) is 3.46. The molecule has 0 radical (unpaired) electrons. The lowest BCUT2D eigenvalue weighted by Crippen LogP contribution is -2.18. The third kappa shape index (κ3) is 4.50. The number of hydrogen-bond acceptors (Lipinski definition) is 4. The Kier molecular flexibility index (Phi) is 5.69. The van der Waals surface area contributed by atoms with Gasteiger partial charge in [-0.1, -0.05) is 15.9 Å². The summed E-state index contributed by atoms with van der Waals surface area (Å²) >= 11 is 5.30. The number of benzene rings is 1. The highest BCUT2D eigenvalue weighted by molar-refractivity contribution is 14.1. The highest BCUT2D eigenvalue weighted by Gasteiger charge is 2.05. The quantitative estimate of drug-likeness (QED) is 0.455. The van der Waals surface area contributed by atoms with Crippen LogP contribution in [0.25, 0.3) is 0 Å². The Labute approximate surface area is 121 Å². The fraction of sp³-hybridized carbons (Fsp3) is 0.200. The highest BCUT2D eigenvalue weighted by atomic mass is 127. The summed E-state index contributed by atoms with van der Waals surface area (Å²) in [7, 11) is 0. The van der Waals surface area contributed by atoms with E-state index in [0.717, 1.165) is 4.47 Å². The van der Waals surface area contributed by atoms with Gasteiger partial charge in [0.05, 0.1) is 16.4 Å². The second-order valence-corrected chi connectivity index (χ2v) is 4.99. The number of nitrogens with zero attached hydrogens (tertiary/aromatic N) is 1. The van der Waals surface area contributed by atoms with E-state index in [-0.39, 0.29) is 12.4 Å². The first-order chi connectivity index (χ1) is 8.04. The summed E-state index contributed by atoms with van der Waals surface area (Å²) in [5, 5.41) is 13.4. The molecule has 0 spiro atoms. The van der Waals surface area contributed by atoms with Crippen LogP contribution >= 0.6 is 38.5 Å². The van der Waals surface area contributed by atoms with E-state index in [9.17, 15) is 9.90 Å². The average Bonchev–Trinajstić information content (AvgIpc) is 2.25. The highest BCUT2D eigenvalue weighted by Crippen LogP contribution is 2.27. The maximum absolute atomic E-state index is 10.9. The topological polar surface area (TPSA) is 70.9 Å². The number of halogens is 2. The van der Waals surface area contributed by atoms with Crippen molar-refractivity contribution in [2.75, 3.05) is 6.61 Å². The second kappa shape index (κ2) is 6.80. The number of carbonyl (C=O) groups excluding carboxylic acids is 1. The molecule has 1 amide bonds. The molecule has 0 unspecified atom stereocenters. The van der Waals surface area contributed by atoms with Crippen LogP contribution in [0.4, 0.5) is 4.79 Å². The molecule has 1 rings (SSSR count). The van der Waals surface area contributed by atoms with E-state index < -0.39 is 6.09 Å². The van der Waals surface area contributed by atoms with Crippen LogP contribution in [0, 0.1) is 3.57 Å². The second-order valence-electron chi connectivity index (χ2n) is 2.92. The number of hydrazone groups is 1. The first-order valence-electron chi connectivity index (χ1n) is 4.68. The van der Waals surface area contributed by atoms with E-state index in [4.69, 9.17) is 0 Å².